The largest absolute Gasteiger partial charge is 0.305 e. The highest BCUT2D eigenvalue weighted by Gasteiger charge is 2.15. The Kier molecular flexibility index (Phi) is 4.29. The van der Waals surface area contributed by atoms with E-state index in [4.69, 9.17) is 0 Å². The molecule has 0 bridgehead atoms. The zero-order chi connectivity index (χ0) is 12.1. The van der Waals surface area contributed by atoms with E-state index in [-0.39, 0.29) is 0 Å². The van der Waals surface area contributed by atoms with Crippen molar-refractivity contribution in [3.8, 4) is 0 Å². The van der Waals surface area contributed by atoms with Gasteiger partial charge in [-0.1, -0.05) is 26.0 Å². The topological polar surface area (TPSA) is 24.9 Å². The van der Waals surface area contributed by atoms with Crippen LogP contribution in [0.25, 0.3) is 0 Å². The van der Waals surface area contributed by atoms with E-state index in [1.807, 2.05) is 29.8 Å². The van der Waals surface area contributed by atoms with Crippen molar-refractivity contribution in [2.45, 2.75) is 26.4 Å². The smallest absolute Gasteiger partial charge is 0.0440 e. The number of nitrogens with one attached hydrogen (secondary N) is 1. The first-order chi connectivity index (χ1) is 8.27. The molecule has 0 fully saturated rings. The predicted molar refractivity (Wildman–Crippen MR) is 73.0 cm³/mol. The lowest BCUT2D eigenvalue weighted by molar-refractivity contribution is 0.416. The standard InChI is InChI=1S/C14H18N2S/c1-11(2)14(13-6-4-8-17-13)16-10-12-5-3-7-15-9-12/h3-9,11,14,16H,10H2,1-2H3. The lowest BCUT2D eigenvalue weighted by Gasteiger charge is -2.21. The van der Waals surface area contributed by atoms with Gasteiger partial charge in [0.15, 0.2) is 0 Å². The summed E-state index contributed by atoms with van der Waals surface area (Å²) in [4.78, 5) is 5.54. The van der Waals surface area contributed by atoms with Gasteiger partial charge in [-0.25, -0.2) is 0 Å². The molecule has 0 radical (unpaired) electrons. The third-order valence-electron chi connectivity index (χ3n) is 2.77. The minimum absolute atomic E-state index is 0.426. The number of hydrogen-bond acceptors (Lipinski definition) is 3. The number of nitrogens with zero attached hydrogens (tertiary/aromatic N) is 1. The Morgan fingerprint density at radius 3 is 2.76 bits per heavy atom. The number of hydrogen-bond donors (Lipinski definition) is 1. The Balaban J connectivity index is 2.00. The summed E-state index contributed by atoms with van der Waals surface area (Å²) >= 11 is 1.82. The summed E-state index contributed by atoms with van der Waals surface area (Å²) in [5.41, 5.74) is 1.23. The molecule has 1 unspecified atom stereocenters. The number of rotatable bonds is 5. The molecule has 0 amide bonds. The van der Waals surface area contributed by atoms with E-state index in [9.17, 15) is 0 Å². The van der Waals surface area contributed by atoms with Crippen LogP contribution in [0.2, 0.25) is 0 Å². The second-order valence-electron chi connectivity index (χ2n) is 4.48. The molecule has 0 aliphatic heterocycles. The van der Waals surface area contributed by atoms with E-state index in [0.29, 0.717) is 12.0 Å². The summed E-state index contributed by atoms with van der Waals surface area (Å²) in [6, 6.07) is 8.82. The molecule has 2 heterocycles. The summed E-state index contributed by atoms with van der Waals surface area (Å²) in [7, 11) is 0. The summed E-state index contributed by atoms with van der Waals surface area (Å²) in [5.74, 6) is 0.588. The van der Waals surface area contributed by atoms with E-state index in [2.05, 4.69) is 47.7 Å². The first kappa shape index (κ1) is 12.3. The fraction of sp³-hybridized carbons (Fsp3) is 0.357. The lowest BCUT2D eigenvalue weighted by Crippen LogP contribution is -2.24. The van der Waals surface area contributed by atoms with Crippen LogP contribution < -0.4 is 5.32 Å². The quantitative estimate of drug-likeness (QED) is 0.871. The zero-order valence-corrected chi connectivity index (χ0v) is 11.1. The van der Waals surface area contributed by atoms with Crippen molar-refractivity contribution in [1.82, 2.24) is 10.3 Å². The van der Waals surface area contributed by atoms with Crippen LogP contribution in [-0.2, 0) is 6.54 Å². The van der Waals surface area contributed by atoms with Gasteiger partial charge in [0, 0.05) is 29.9 Å². The Morgan fingerprint density at radius 1 is 1.29 bits per heavy atom. The monoisotopic (exact) mass is 246 g/mol. The average molecular weight is 246 g/mol. The highest BCUT2D eigenvalue weighted by Crippen LogP contribution is 2.25. The van der Waals surface area contributed by atoms with Gasteiger partial charge in [-0.15, -0.1) is 11.3 Å². The third-order valence-corrected chi connectivity index (χ3v) is 3.72. The molecule has 1 N–H and O–H groups in total. The maximum Gasteiger partial charge on any atom is 0.0440 e. The van der Waals surface area contributed by atoms with E-state index in [1.54, 1.807) is 0 Å². The zero-order valence-electron chi connectivity index (χ0n) is 10.3. The molecule has 2 aromatic rings. The summed E-state index contributed by atoms with van der Waals surface area (Å²) in [6.07, 6.45) is 3.72. The molecule has 1 atom stereocenters. The summed E-state index contributed by atoms with van der Waals surface area (Å²) in [5, 5.41) is 5.74. The first-order valence-corrected chi connectivity index (χ1v) is 6.81. The van der Waals surface area contributed by atoms with Crippen molar-refractivity contribution in [2.24, 2.45) is 5.92 Å². The highest BCUT2D eigenvalue weighted by atomic mass is 32.1. The molecule has 0 spiro atoms. The van der Waals surface area contributed by atoms with Crippen LogP contribution in [0, 0.1) is 5.92 Å². The lowest BCUT2D eigenvalue weighted by atomic mass is 10.0. The molecule has 0 aliphatic rings. The minimum Gasteiger partial charge on any atom is -0.305 e. The second kappa shape index (κ2) is 5.94. The maximum absolute atomic E-state index is 4.13. The van der Waals surface area contributed by atoms with E-state index in [0.717, 1.165) is 6.54 Å². The van der Waals surface area contributed by atoms with E-state index >= 15 is 0 Å². The molecular weight excluding hydrogens is 228 g/mol. The van der Waals surface area contributed by atoms with Crippen molar-refractivity contribution in [3.63, 3.8) is 0 Å². The van der Waals surface area contributed by atoms with Crippen molar-refractivity contribution in [1.29, 1.82) is 0 Å². The highest BCUT2D eigenvalue weighted by molar-refractivity contribution is 7.10. The predicted octanol–water partition coefficient (Wildman–Crippen LogP) is 3.63. The molecule has 0 aliphatic carbocycles. The van der Waals surface area contributed by atoms with Gasteiger partial charge < -0.3 is 5.32 Å². The van der Waals surface area contributed by atoms with E-state index in [1.165, 1.54) is 10.4 Å². The molecule has 2 aromatic heterocycles. The molecule has 0 saturated heterocycles. The fourth-order valence-electron chi connectivity index (χ4n) is 1.86. The number of aromatic nitrogens is 1. The van der Waals surface area contributed by atoms with Gasteiger partial charge in [-0.2, -0.15) is 0 Å². The number of pyridine rings is 1. The van der Waals surface area contributed by atoms with Crippen molar-refractivity contribution in [3.05, 3.63) is 52.5 Å². The van der Waals surface area contributed by atoms with Crippen molar-refractivity contribution >= 4 is 11.3 Å². The van der Waals surface area contributed by atoms with Crippen LogP contribution in [0.4, 0.5) is 0 Å². The minimum atomic E-state index is 0.426. The van der Waals surface area contributed by atoms with Crippen LogP contribution in [0.15, 0.2) is 42.0 Å². The van der Waals surface area contributed by atoms with Crippen LogP contribution in [0.3, 0.4) is 0 Å². The molecule has 0 saturated carbocycles. The van der Waals surface area contributed by atoms with Crippen molar-refractivity contribution < 1.29 is 0 Å². The van der Waals surface area contributed by atoms with Crippen LogP contribution in [-0.4, -0.2) is 4.98 Å². The Hall–Kier alpha value is -1.19. The molecular formula is C14H18N2S. The molecule has 3 heteroatoms. The van der Waals surface area contributed by atoms with Crippen molar-refractivity contribution in [2.75, 3.05) is 0 Å². The van der Waals surface area contributed by atoms with Gasteiger partial charge in [-0.05, 0) is 29.0 Å². The van der Waals surface area contributed by atoms with Crippen LogP contribution >= 0.6 is 11.3 Å². The van der Waals surface area contributed by atoms with Gasteiger partial charge in [0.2, 0.25) is 0 Å². The van der Waals surface area contributed by atoms with Gasteiger partial charge in [0.05, 0.1) is 0 Å². The molecule has 17 heavy (non-hydrogen) atoms. The summed E-state index contributed by atoms with van der Waals surface area (Å²) in [6.45, 7) is 5.37. The third kappa shape index (κ3) is 3.38. The molecule has 90 valence electrons. The number of thiophene rings is 1. The van der Waals surface area contributed by atoms with Gasteiger partial charge in [0.25, 0.3) is 0 Å². The van der Waals surface area contributed by atoms with E-state index < -0.39 is 0 Å². The SMILES string of the molecule is CC(C)C(NCc1cccnc1)c1cccs1. The average Bonchev–Trinajstić information content (AvgIpc) is 2.84. The first-order valence-electron chi connectivity index (χ1n) is 5.93. The Labute approximate surface area is 107 Å². The fourth-order valence-corrected chi connectivity index (χ4v) is 2.84. The molecule has 2 rings (SSSR count). The normalized spacial score (nSPS) is 12.9. The van der Waals surface area contributed by atoms with Gasteiger partial charge >= 0.3 is 0 Å². The van der Waals surface area contributed by atoms with Crippen LogP contribution in [0.5, 0.6) is 0 Å². The van der Waals surface area contributed by atoms with Gasteiger partial charge in [0.1, 0.15) is 0 Å². The Morgan fingerprint density at radius 2 is 2.18 bits per heavy atom. The summed E-state index contributed by atoms with van der Waals surface area (Å²) < 4.78 is 0. The van der Waals surface area contributed by atoms with Crippen LogP contribution in [0.1, 0.15) is 30.3 Å². The van der Waals surface area contributed by atoms with Gasteiger partial charge in [-0.3, -0.25) is 4.98 Å². The second-order valence-corrected chi connectivity index (χ2v) is 5.46. The molecule has 0 aromatic carbocycles. The maximum atomic E-state index is 4.13. The molecule has 2 nitrogen and oxygen atoms in total. The Bertz CT molecular complexity index is 423.